The molecule has 4 aromatic rings. The van der Waals surface area contributed by atoms with Gasteiger partial charge in [0.05, 0.1) is 23.6 Å². The van der Waals surface area contributed by atoms with Gasteiger partial charge in [-0.2, -0.15) is 17.7 Å². The normalized spacial score (nSPS) is 13.8. The van der Waals surface area contributed by atoms with Gasteiger partial charge in [-0.1, -0.05) is 6.07 Å². The van der Waals surface area contributed by atoms with Crippen LogP contribution in [0.15, 0.2) is 54.7 Å². The lowest BCUT2D eigenvalue weighted by Gasteiger charge is -2.18. The molecule has 3 aromatic carbocycles. The lowest BCUT2D eigenvalue weighted by atomic mass is 9.95. The molecular weight excluding hydrogens is 494 g/mol. The van der Waals surface area contributed by atoms with Gasteiger partial charge in [0.25, 0.3) is 0 Å². The molecule has 2 aliphatic heterocycles. The number of halogens is 4. The van der Waals surface area contributed by atoms with Crippen LogP contribution in [0.1, 0.15) is 21.5 Å². The van der Waals surface area contributed by atoms with Crippen molar-refractivity contribution in [1.82, 2.24) is 0 Å². The molecule has 2 aliphatic rings. The van der Waals surface area contributed by atoms with Crippen molar-refractivity contribution in [2.45, 2.75) is 19.1 Å². The van der Waals surface area contributed by atoms with Gasteiger partial charge in [0.15, 0.2) is 35.7 Å². The monoisotopic (exact) mass is 512 g/mol. The van der Waals surface area contributed by atoms with E-state index in [2.05, 4.69) is 0 Å². The predicted molar refractivity (Wildman–Crippen MR) is 122 cm³/mol. The number of hydrogen-bond acceptors (Lipinski definition) is 5. The molecular formula is C27H18F4NO5+. The van der Waals surface area contributed by atoms with Crippen LogP contribution in [0.25, 0.3) is 22.0 Å². The number of hydrogen-bond donors (Lipinski definition) is 0. The second kappa shape index (κ2) is 8.36. The summed E-state index contributed by atoms with van der Waals surface area (Å²) >= 11 is 0. The van der Waals surface area contributed by atoms with Crippen molar-refractivity contribution in [3.63, 3.8) is 0 Å². The third-order valence-electron chi connectivity index (χ3n) is 6.51. The van der Waals surface area contributed by atoms with Gasteiger partial charge in [-0.05, 0) is 47.3 Å². The zero-order valence-corrected chi connectivity index (χ0v) is 19.3. The van der Waals surface area contributed by atoms with Crippen molar-refractivity contribution >= 4 is 16.7 Å². The second-order valence-electron chi connectivity index (χ2n) is 8.61. The van der Waals surface area contributed by atoms with Crippen LogP contribution >= 0.6 is 0 Å². The average molecular weight is 512 g/mol. The van der Waals surface area contributed by atoms with Crippen LogP contribution in [0.5, 0.6) is 23.0 Å². The van der Waals surface area contributed by atoms with Crippen molar-refractivity contribution in [2.24, 2.45) is 0 Å². The number of benzene rings is 3. The van der Waals surface area contributed by atoms with Crippen LogP contribution in [-0.2, 0) is 19.1 Å². The van der Waals surface area contributed by atoms with Crippen molar-refractivity contribution in [3.05, 3.63) is 77.2 Å². The Balaban J connectivity index is 1.47. The molecule has 0 atom stereocenters. The topological polar surface area (TPSA) is 57.9 Å². The molecule has 10 heteroatoms. The number of aryl methyl sites for hydroxylation is 2. The number of ether oxygens (including phenoxy) is 4. The van der Waals surface area contributed by atoms with Crippen molar-refractivity contribution in [2.75, 3.05) is 13.9 Å². The highest BCUT2D eigenvalue weighted by Gasteiger charge is 2.38. The Labute approximate surface area is 207 Å². The van der Waals surface area contributed by atoms with Gasteiger partial charge >= 0.3 is 12.1 Å². The summed E-state index contributed by atoms with van der Waals surface area (Å²) in [7, 11) is 1.34. The zero-order valence-electron chi connectivity index (χ0n) is 19.3. The number of methoxy groups -OCH3 is 1. The van der Waals surface area contributed by atoms with Crippen LogP contribution in [0.2, 0.25) is 0 Å². The summed E-state index contributed by atoms with van der Waals surface area (Å²) in [6.45, 7) is 0.747. The minimum absolute atomic E-state index is 0.104. The first-order chi connectivity index (χ1) is 17.7. The molecule has 0 saturated carbocycles. The number of pyridine rings is 1. The van der Waals surface area contributed by atoms with Crippen LogP contribution < -0.4 is 23.5 Å². The highest BCUT2D eigenvalue weighted by Crippen LogP contribution is 2.42. The largest absolute Gasteiger partial charge is 0.493 e. The maximum atomic E-state index is 14.4. The number of fused-ring (bicyclic) bond motifs is 5. The molecule has 3 heterocycles. The maximum absolute atomic E-state index is 14.4. The van der Waals surface area contributed by atoms with Crippen LogP contribution in [0.3, 0.4) is 0 Å². The molecule has 0 saturated heterocycles. The van der Waals surface area contributed by atoms with E-state index in [9.17, 15) is 22.4 Å². The van der Waals surface area contributed by atoms with Crippen molar-refractivity contribution in [1.29, 1.82) is 0 Å². The number of esters is 1. The summed E-state index contributed by atoms with van der Waals surface area (Å²) in [5, 5.41) is 1.07. The molecule has 0 aliphatic carbocycles. The first-order valence-corrected chi connectivity index (χ1v) is 11.3. The van der Waals surface area contributed by atoms with Gasteiger partial charge < -0.3 is 18.9 Å². The predicted octanol–water partition coefficient (Wildman–Crippen LogP) is 5.46. The molecule has 188 valence electrons. The average Bonchev–Trinajstić information content (AvgIpc) is 3.33. The summed E-state index contributed by atoms with van der Waals surface area (Å²) in [5.74, 6) is -1.46. The van der Waals surface area contributed by atoms with Gasteiger partial charge in [0.2, 0.25) is 12.5 Å². The van der Waals surface area contributed by atoms with Crippen LogP contribution in [0, 0.1) is 5.82 Å². The molecule has 0 N–H and O–H groups in total. The molecule has 0 spiro atoms. The van der Waals surface area contributed by atoms with E-state index in [4.69, 9.17) is 18.9 Å². The van der Waals surface area contributed by atoms with Gasteiger partial charge in [-0.15, -0.1) is 0 Å². The van der Waals surface area contributed by atoms with Gasteiger partial charge in [0.1, 0.15) is 11.4 Å². The SMILES string of the molecule is COc1ccc2cc3[n+](cc2c1OC(=O)c1c(F)cccc1C(F)(F)F)CCc1cc2c(cc1-3)OCO2. The fraction of sp³-hybridized carbons (Fsp3) is 0.185. The summed E-state index contributed by atoms with van der Waals surface area (Å²) in [6.07, 6.45) is -2.51. The van der Waals surface area contributed by atoms with E-state index >= 15 is 0 Å². The third-order valence-corrected chi connectivity index (χ3v) is 6.51. The lowest BCUT2D eigenvalue weighted by molar-refractivity contribution is -0.686. The molecule has 0 fully saturated rings. The first-order valence-electron chi connectivity index (χ1n) is 11.3. The van der Waals surface area contributed by atoms with E-state index in [0.29, 0.717) is 41.3 Å². The van der Waals surface area contributed by atoms with E-state index in [-0.39, 0.29) is 18.3 Å². The Morgan fingerprint density at radius 3 is 2.59 bits per heavy atom. The number of aromatic nitrogens is 1. The standard InChI is InChI=1S/C27H18F4NO5/c1-34-21-6-5-14-9-20-16-11-23-22(35-13-36-23)10-15(16)7-8-32(20)12-17(14)25(21)37-26(33)24-18(27(29,30)31)3-2-4-19(24)28/h2-6,9-12H,7-8,13H2,1H3/q+1. The quantitative estimate of drug-likeness (QED) is 0.158. The fourth-order valence-corrected chi connectivity index (χ4v) is 4.77. The summed E-state index contributed by atoms with van der Waals surface area (Å²) in [4.78, 5) is 12.9. The maximum Gasteiger partial charge on any atom is 0.417 e. The molecule has 37 heavy (non-hydrogen) atoms. The van der Waals surface area contributed by atoms with Crippen LogP contribution in [0.4, 0.5) is 17.6 Å². The molecule has 6 nitrogen and oxygen atoms in total. The van der Waals surface area contributed by atoms with E-state index in [1.165, 1.54) is 13.2 Å². The van der Waals surface area contributed by atoms with Gasteiger partial charge in [0, 0.05) is 12.5 Å². The lowest BCUT2D eigenvalue weighted by Crippen LogP contribution is -2.40. The highest BCUT2D eigenvalue weighted by atomic mass is 19.4. The van der Waals surface area contributed by atoms with Crippen molar-refractivity contribution in [3.8, 4) is 34.3 Å². The second-order valence-corrected chi connectivity index (χ2v) is 8.61. The molecule has 1 aromatic heterocycles. The molecule has 0 unspecified atom stereocenters. The van der Waals surface area contributed by atoms with E-state index < -0.39 is 29.1 Å². The summed E-state index contributed by atoms with van der Waals surface area (Å²) in [6, 6.07) is 11.3. The highest BCUT2D eigenvalue weighted by molar-refractivity contribution is 5.98. The molecule has 0 amide bonds. The Bertz CT molecular complexity index is 1600. The Morgan fingerprint density at radius 1 is 1.05 bits per heavy atom. The molecule has 0 radical (unpaired) electrons. The minimum atomic E-state index is -4.95. The zero-order chi connectivity index (χ0) is 25.9. The Morgan fingerprint density at radius 2 is 1.84 bits per heavy atom. The number of rotatable bonds is 3. The number of carbonyl (C=O) groups is 1. The van der Waals surface area contributed by atoms with Gasteiger partial charge in [-0.3, -0.25) is 0 Å². The first kappa shape index (κ1) is 23.1. The summed E-state index contributed by atoms with van der Waals surface area (Å²) in [5.41, 5.74) is 0.308. The number of nitrogens with zero attached hydrogens (tertiary/aromatic N) is 1. The summed E-state index contributed by atoms with van der Waals surface area (Å²) < 4.78 is 78.7. The number of alkyl halides is 3. The number of carbonyl (C=O) groups excluding carboxylic acids is 1. The molecule has 0 bridgehead atoms. The van der Waals surface area contributed by atoms with Crippen molar-refractivity contribution < 1.29 is 45.9 Å². The Kier molecular flexibility index (Phi) is 5.22. The van der Waals surface area contributed by atoms with Crippen LogP contribution in [-0.4, -0.2) is 19.9 Å². The Hall–Kier alpha value is -4.34. The van der Waals surface area contributed by atoms with E-state index in [1.54, 1.807) is 12.3 Å². The minimum Gasteiger partial charge on any atom is -0.493 e. The smallest absolute Gasteiger partial charge is 0.417 e. The van der Waals surface area contributed by atoms with E-state index in [0.717, 1.165) is 29.0 Å². The third kappa shape index (κ3) is 3.80. The molecule has 6 rings (SSSR count). The van der Waals surface area contributed by atoms with Gasteiger partial charge in [-0.25, -0.2) is 9.18 Å². The fourth-order valence-electron chi connectivity index (χ4n) is 4.77. The van der Waals surface area contributed by atoms with E-state index in [1.807, 2.05) is 22.8 Å².